The van der Waals surface area contributed by atoms with Gasteiger partial charge in [0.2, 0.25) is 0 Å². The number of piperazine rings is 1. The number of anilines is 1. The molecule has 1 heterocycles. The van der Waals surface area contributed by atoms with E-state index in [1.807, 2.05) is 30.3 Å². The van der Waals surface area contributed by atoms with Gasteiger partial charge in [0.1, 0.15) is 5.82 Å². The molecule has 0 spiro atoms. The SMILES string of the molecule is C=CC(C)(C)N1CCN(c2ccc(C(=O)c3ccc(F)cc3)cc2)CC1. The van der Waals surface area contributed by atoms with E-state index < -0.39 is 0 Å². The van der Waals surface area contributed by atoms with Crippen LogP contribution in [0.2, 0.25) is 0 Å². The summed E-state index contributed by atoms with van der Waals surface area (Å²) in [6, 6.07) is 13.3. The minimum atomic E-state index is -0.337. The van der Waals surface area contributed by atoms with Crippen LogP contribution in [0.4, 0.5) is 10.1 Å². The molecule has 0 aromatic heterocycles. The highest BCUT2D eigenvalue weighted by Crippen LogP contribution is 2.23. The fourth-order valence-electron chi connectivity index (χ4n) is 3.26. The van der Waals surface area contributed by atoms with Gasteiger partial charge in [-0.15, -0.1) is 6.58 Å². The van der Waals surface area contributed by atoms with Crippen LogP contribution in [0.5, 0.6) is 0 Å². The van der Waals surface area contributed by atoms with Crippen molar-refractivity contribution in [3.8, 4) is 0 Å². The van der Waals surface area contributed by atoms with Gasteiger partial charge < -0.3 is 4.90 Å². The highest BCUT2D eigenvalue weighted by atomic mass is 19.1. The number of benzene rings is 2. The molecule has 1 aliphatic rings. The third-order valence-corrected chi connectivity index (χ3v) is 5.20. The Morgan fingerprint density at radius 3 is 1.96 bits per heavy atom. The first kappa shape index (κ1) is 18.3. The summed E-state index contributed by atoms with van der Waals surface area (Å²) in [6.07, 6.45) is 2.00. The van der Waals surface area contributed by atoms with Crippen molar-refractivity contribution in [3.63, 3.8) is 0 Å². The Hall–Kier alpha value is -2.46. The van der Waals surface area contributed by atoms with Crippen LogP contribution >= 0.6 is 0 Å². The molecule has 2 aromatic carbocycles. The molecular weight excluding hydrogens is 327 g/mol. The zero-order chi connectivity index (χ0) is 18.7. The zero-order valence-electron chi connectivity index (χ0n) is 15.4. The van der Waals surface area contributed by atoms with Crippen LogP contribution in [0.15, 0.2) is 61.2 Å². The standard InChI is InChI=1S/C22H25FN2O/c1-4-22(2,3)25-15-13-24(14-16-25)20-11-7-18(8-12-20)21(26)17-5-9-19(23)10-6-17/h4-12H,1,13-16H2,2-3H3. The van der Waals surface area contributed by atoms with E-state index in [4.69, 9.17) is 0 Å². The van der Waals surface area contributed by atoms with Gasteiger partial charge >= 0.3 is 0 Å². The Labute approximate surface area is 154 Å². The number of carbonyl (C=O) groups excluding carboxylic acids is 1. The first-order chi connectivity index (χ1) is 12.4. The minimum Gasteiger partial charge on any atom is -0.369 e. The number of rotatable bonds is 5. The first-order valence-corrected chi connectivity index (χ1v) is 8.94. The molecule has 3 rings (SSSR count). The average Bonchev–Trinajstić information content (AvgIpc) is 2.68. The maximum Gasteiger partial charge on any atom is 0.193 e. The monoisotopic (exact) mass is 352 g/mol. The van der Waals surface area contributed by atoms with Crippen molar-refractivity contribution in [2.24, 2.45) is 0 Å². The second-order valence-corrected chi connectivity index (χ2v) is 7.21. The van der Waals surface area contributed by atoms with Gasteiger partial charge in [0, 0.05) is 48.5 Å². The molecule has 0 amide bonds. The molecule has 0 N–H and O–H groups in total. The molecular formula is C22H25FN2O. The Kier molecular flexibility index (Phi) is 5.23. The van der Waals surface area contributed by atoms with Crippen LogP contribution in [-0.4, -0.2) is 42.4 Å². The van der Waals surface area contributed by atoms with Gasteiger partial charge in [0.15, 0.2) is 5.78 Å². The van der Waals surface area contributed by atoms with Crippen molar-refractivity contribution in [2.45, 2.75) is 19.4 Å². The minimum absolute atomic E-state index is 0.0114. The number of halogens is 1. The van der Waals surface area contributed by atoms with Crippen LogP contribution in [-0.2, 0) is 0 Å². The van der Waals surface area contributed by atoms with Crippen LogP contribution in [0.25, 0.3) is 0 Å². The highest BCUT2D eigenvalue weighted by Gasteiger charge is 2.27. The lowest BCUT2D eigenvalue weighted by atomic mass is 10.0. The summed E-state index contributed by atoms with van der Waals surface area (Å²) < 4.78 is 13.0. The third-order valence-electron chi connectivity index (χ3n) is 5.20. The summed E-state index contributed by atoms with van der Waals surface area (Å²) in [5.74, 6) is -0.426. The second kappa shape index (κ2) is 7.42. The van der Waals surface area contributed by atoms with Crippen LogP contribution in [0.3, 0.4) is 0 Å². The fourth-order valence-corrected chi connectivity index (χ4v) is 3.26. The quantitative estimate of drug-likeness (QED) is 0.597. The summed E-state index contributed by atoms with van der Waals surface area (Å²) in [4.78, 5) is 17.2. The number of ketones is 1. The maximum atomic E-state index is 13.0. The summed E-state index contributed by atoms with van der Waals surface area (Å²) >= 11 is 0. The van der Waals surface area contributed by atoms with E-state index >= 15 is 0 Å². The van der Waals surface area contributed by atoms with Gasteiger partial charge in [0.05, 0.1) is 0 Å². The average molecular weight is 352 g/mol. The Morgan fingerprint density at radius 1 is 0.962 bits per heavy atom. The Bertz CT molecular complexity index is 773. The lowest BCUT2D eigenvalue weighted by Gasteiger charge is -2.43. The van der Waals surface area contributed by atoms with E-state index in [9.17, 15) is 9.18 Å². The van der Waals surface area contributed by atoms with E-state index in [2.05, 4.69) is 30.2 Å². The largest absolute Gasteiger partial charge is 0.369 e. The van der Waals surface area contributed by atoms with Crippen molar-refractivity contribution in [1.82, 2.24) is 4.90 Å². The summed E-state index contributed by atoms with van der Waals surface area (Å²) in [5, 5.41) is 0. The first-order valence-electron chi connectivity index (χ1n) is 8.94. The number of hydrogen-bond donors (Lipinski definition) is 0. The van der Waals surface area contributed by atoms with E-state index in [0.717, 1.165) is 31.9 Å². The van der Waals surface area contributed by atoms with E-state index in [-0.39, 0.29) is 17.1 Å². The molecule has 4 heteroatoms. The molecule has 1 fully saturated rings. The molecule has 0 saturated carbocycles. The number of nitrogens with zero attached hydrogens (tertiary/aromatic N) is 2. The topological polar surface area (TPSA) is 23.6 Å². The van der Waals surface area contributed by atoms with Crippen molar-refractivity contribution in [3.05, 3.63) is 78.1 Å². The molecule has 3 nitrogen and oxygen atoms in total. The lowest BCUT2D eigenvalue weighted by Crippen LogP contribution is -2.53. The lowest BCUT2D eigenvalue weighted by molar-refractivity contribution is 0.103. The Balaban J connectivity index is 1.66. The summed E-state index contributed by atoms with van der Waals surface area (Å²) in [5.41, 5.74) is 2.25. The normalized spacial score (nSPS) is 15.7. The summed E-state index contributed by atoms with van der Waals surface area (Å²) in [7, 11) is 0. The van der Waals surface area contributed by atoms with Crippen molar-refractivity contribution < 1.29 is 9.18 Å². The smallest absolute Gasteiger partial charge is 0.193 e. The van der Waals surface area contributed by atoms with Gasteiger partial charge in [-0.2, -0.15) is 0 Å². The van der Waals surface area contributed by atoms with Gasteiger partial charge in [-0.1, -0.05) is 6.08 Å². The Morgan fingerprint density at radius 2 is 1.46 bits per heavy atom. The molecule has 0 radical (unpaired) electrons. The van der Waals surface area contributed by atoms with E-state index in [0.29, 0.717) is 11.1 Å². The van der Waals surface area contributed by atoms with E-state index in [1.165, 1.54) is 24.3 Å². The summed E-state index contributed by atoms with van der Waals surface area (Å²) in [6.45, 7) is 12.2. The van der Waals surface area contributed by atoms with Gasteiger partial charge in [0.25, 0.3) is 0 Å². The van der Waals surface area contributed by atoms with Crippen LogP contribution in [0.1, 0.15) is 29.8 Å². The zero-order valence-corrected chi connectivity index (χ0v) is 15.4. The predicted molar refractivity (Wildman–Crippen MR) is 104 cm³/mol. The van der Waals surface area contributed by atoms with Crippen molar-refractivity contribution in [1.29, 1.82) is 0 Å². The van der Waals surface area contributed by atoms with Gasteiger partial charge in [-0.25, -0.2) is 4.39 Å². The van der Waals surface area contributed by atoms with E-state index in [1.54, 1.807) is 0 Å². The molecule has 0 unspecified atom stereocenters. The molecule has 0 atom stereocenters. The van der Waals surface area contributed by atoms with Crippen LogP contribution in [0, 0.1) is 5.82 Å². The third kappa shape index (κ3) is 3.86. The van der Waals surface area contributed by atoms with Gasteiger partial charge in [-0.05, 0) is 62.4 Å². The predicted octanol–water partition coefficient (Wildman–Crippen LogP) is 4.14. The fraction of sp³-hybridized carbons (Fsp3) is 0.318. The second-order valence-electron chi connectivity index (χ2n) is 7.21. The number of carbonyl (C=O) groups is 1. The highest BCUT2D eigenvalue weighted by molar-refractivity contribution is 6.09. The molecule has 1 aliphatic heterocycles. The van der Waals surface area contributed by atoms with Crippen molar-refractivity contribution in [2.75, 3.05) is 31.1 Å². The molecule has 0 aliphatic carbocycles. The molecule has 26 heavy (non-hydrogen) atoms. The molecule has 0 bridgehead atoms. The van der Waals surface area contributed by atoms with Gasteiger partial charge in [-0.3, -0.25) is 9.69 Å². The molecule has 136 valence electrons. The molecule has 1 saturated heterocycles. The number of hydrogen-bond acceptors (Lipinski definition) is 3. The van der Waals surface area contributed by atoms with Crippen molar-refractivity contribution >= 4 is 11.5 Å². The molecule has 2 aromatic rings. The van der Waals surface area contributed by atoms with Crippen LogP contribution < -0.4 is 4.90 Å². The maximum absolute atomic E-state index is 13.0.